The molecular weight excluding hydrogens is 366 g/mol. The van der Waals surface area contributed by atoms with Gasteiger partial charge in [0, 0.05) is 16.1 Å². The van der Waals surface area contributed by atoms with Gasteiger partial charge in [-0.05, 0) is 25.1 Å². The molecule has 0 radical (unpaired) electrons. The zero-order valence-electron chi connectivity index (χ0n) is 12.3. The molecule has 0 aliphatic rings. The summed E-state index contributed by atoms with van der Waals surface area (Å²) >= 11 is 3.39. The summed E-state index contributed by atoms with van der Waals surface area (Å²) in [4.78, 5) is 22.3. The van der Waals surface area contributed by atoms with Gasteiger partial charge >= 0.3 is 11.7 Å². The van der Waals surface area contributed by atoms with E-state index in [-0.39, 0.29) is 30.2 Å². The van der Waals surface area contributed by atoms with Crippen molar-refractivity contribution in [1.82, 2.24) is 0 Å². The SMILES string of the molecule is CCOC(=O)c1ccc(OCc2ccccc2Br)c([N+](=O)[O-])c1. The van der Waals surface area contributed by atoms with Crippen molar-refractivity contribution in [2.45, 2.75) is 13.5 Å². The van der Waals surface area contributed by atoms with Crippen molar-refractivity contribution < 1.29 is 19.2 Å². The van der Waals surface area contributed by atoms with Gasteiger partial charge in [0.1, 0.15) is 6.61 Å². The zero-order chi connectivity index (χ0) is 16.8. The summed E-state index contributed by atoms with van der Waals surface area (Å²) in [7, 11) is 0. The second-order valence-corrected chi connectivity index (χ2v) is 5.39. The lowest BCUT2D eigenvalue weighted by Crippen LogP contribution is -2.06. The third-order valence-electron chi connectivity index (χ3n) is 3.01. The van der Waals surface area contributed by atoms with Crippen molar-refractivity contribution in [2.24, 2.45) is 0 Å². The van der Waals surface area contributed by atoms with E-state index in [4.69, 9.17) is 9.47 Å². The number of nitro groups is 1. The summed E-state index contributed by atoms with van der Waals surface area (Å²) in [5, 5.41) is 11.2. The van der Waals surface area contributed by atoms with Gasteiger partial charge in [-0.1, -0.05) is 34.1 Å². The maximum Gasteiger partial charge on any atom is 0.338 e. The monoisotopic (exact) mass is 379 g/mol. The molecule has 6 nitrogen and oxygen atoms in total. The van der Waals surface area contributed by atoms with E-state index in [1.54, 1.807) is 6.92 Å². The Hall–Kier alpha value is -2.41. The summed E-state index contributed by atoms with van der Waals surface area (Å²) in [5.41, 5.74) is 0.700. The van der Waals surface area contributed by atoms with Gasteiger partial charge < -0.3 is 9.47 Å². The van der Waals surface area contributed by atoms with Gasteiger partial charge in [-0.25, -0.2) is 4.79 Å². The molecular formula is C16H14BrNO5. The minimum Gasteiger partial charge on any atom is -0.482 e. The van der Waals surface area contributed by atoms with Crippen molar-refractivity contribution >= 4 is 27.6 Å². The molecule has 0 unspecified atom stereocenters. The largest absolute Gasteiger partial charge is 0.482 e. The number of hydrogen-bond donors (Lipinski definition) is 0. The first kappa shape index (κ1) is 17.0. The molecule has 0 atom stereocenters. The van der Waals surface area contributed by atoms with Gasteiger partial charge in [0.05, 0.1) is 17.1 Å². The van der Waals surface area contributed by atoms with Crippen molar-refractivity contribution in [3.63, 3.8) is 0 Å². The fourth-order valence-electron chi connectivity index (χ4n) is 1.89. The van der Waals surface area contributed by atoms with Crippen molar-refractivity contribution in [2.75, 3.05) is 6.61 Å². The Morgan fingerprint density at radius 3 is 2.65 bits per heavy atom. The van der Waals surface area contributed by atoms with Crippen LogP contribution in [0, 0.1) is 10.1 Å². The van der Waals surface area contributed by atoms with E-state index in [0.29, 0.717) is 0 Å². The van der Waals surface area contributed by atoms with Crippen molar-refractivity contribution in [3.8, 4) is 5.75 Å². The standard InChI is InChI=1S/C16H14BrNO5/c1-2-22-16(19)11-7-8-15(14(9-11)18(20)21)23-10-12-5-3-4-6-13(12)17/h3-9H,2,10H2,1H3. The highest BCUT2D eigenvalue weighted by Gasteiger charge is 2.19. The molecule has 0 aliphatic carbocycles. The molecule has 23 heavy (non-hydrogen) atoms. The Morgan fingerprint density at radius 1 is 1.26 bits per heavy atom. The van der Waals surface area contributed by atoms with Crippen LogP contribution in [0.15, 0.2) is 46.9 Å². The molecule has 0 saturated carbocycles. The highest BCUT2D eigenvalue weighted by Crippen LogP contribution is 2.29. The van der Waals surface area contributed by atoms with E-state index in [1.165, 1.54) is 12.1 Å². The van der Waals surface area contributed by atoms with Gasteiger partial charge in [-0.2, -0.15) is 0 Å². The van der Waals surface area contributed by atoms with Crippen LogP contribution in [0.5, 0.6) is 5.75 Å². The van der Waals surface area contributed by atoms with Gasteiger partial charge in [0.15, 0.2) is 5.75 Å². The Bertz CT molecular complexity index is 732. The lowest BCUT2D eigenvalue weighted by atomic mass is 10.2. The normalized spacial score (nSPS) is 10.2. The number of carbonyl (C=O) groups is 1. The summed E-state index contributed by atoms with van der Waals surface area (Å²) < 4.78 is 11.2. The average molecular weight is 380 g/mol. The summed E-state index contributed by atoms with van der Waals surface area (Å²) in [6.07, 6.45) is 0. The van der Waals surface area contributed by atoms with Gasteiger partial charge in [-0.15, -0.1) is 0 Å². The second-order valence-electron chi connectivity index (χ2n) is 4.54. The molecule has 0 spiro atoms. The van der Waals surface area contributed by atoms with Crippen LogP contribution < -0.4 is 4.74 Å². The van der Waals surface area contributed by atoms with Gasteiger partial charge in [0.25, 0.3) is 0 Å². The molecule has 0 saturated heterocycles. The highest BCUT2D eigenvalue weighted by molar-refractivity contribution is 9.10. The van der Waals surface area contributed by atoms with Crippen LogP contribution in [0.3, 0.4) is 0 Å². The minimum absolute atomic E-state index is 0.0961. The highest BCUT2D eigenvalue weighted by atomic mass is 79.9. The fourth-order valence-corrected chi connectivity index (χ4v) is 2.29. The third kappa shape index (κ3) is 4.29. The summed E-state index contributed by atoms with van der Waals surface area (Å²) in [6.45, 7) is 2.04. The molecule has 0 amide bonds. The van der Waals surface area contributed by atoms with E-state index in [9.17, 15) is 14.9 Å². The molecule has 0 bridgehead atoms. The average Bonchev–Trinajstić information content (AvgIpc) is 2.54. The van der Waals surface area contributed by atoms with Gasteiger partial charge in [-0.3, -0.25) is 10.1 Å². The van der Waals surface area contributed by atoms with Crippen molar-refractivity contribution in [3.05, 3.63) is 68.2 Å². The Morgan fingerprint density at radius 2 is 2.00 bits per heavy atom. The lowest BCUT2D eigenvalue weighted by Gasteiger charge is -2.09. The number of hydrogen-bond acceptors (Lipinski definition) is 5. The quantitative estimate of drug-likeness (QED) is 0.428. The number of rotatable bonds is 6. The zero-order valence-corrected chi connectivity index (χ0v) is 13.9. The number of esters is 1. The molecule has 0 N–H and O–H groups in total. The van der Waals surface area contributed by atoms with Crippen molar-refractivity contribution in [1.29, 1.82) is 0 Å². The minimum atomic E-state index is -0.604. The molecule has 120 valence electrons. The Balaban J connectivity index is 2.23. The Kier molecular flexibility index (Phi) is 5.70. The van der Waals surface area contributed by atoms with Crippen LogP contribution in [0.1, 0.15) is 22.8 Å². The number of halogens is 1. The number of carbonyl (C=O) groups excluding carboxylic acids is 1. The van der Waals surface area contributed by atoms with Crippen LogP contribution in [-0.4, -0.2) is 17.5 Å². The number of benzene rings is 2. The van der Waals surface area contributed by atoms with Gasteiger partial charge in [0.2, 0.25) is 0 Å². The topological polar surface area (TPSA) is 78.7 Å². The lowest BCUT2D eigenvalue weighted by molar-refractivity contribution is -0.386. The first-order valence-electron chi connectivity index (χ1n) is 6.84. The molecule has 2 rings (SSSR count). The molecule has 0 fully saturated rings. The Labute approximate surface area is 141 Å². The number of nitro benzene ring substituents is 1. The molecule has 0 aliphatic heterocycles. The van der Waals surface area contributed by atoms with Crippen LogP contribution in [0.2, 0.25) is 0 Å². The maximum atomic E-state index is 11.7. The summed E-state index contributed by atoms with van der Waals surface area (Å²) in [5.74, 6) is -0.508. The van der Waals surface area contributed by atoms with E-state index in [0.717, 1.165) is 16.1 Å². The predicted molar refractivity (Wildman–Crippen MR) is 87.5 cm³/mol. The van der Waals surface area contributed by atoms with Crippen LogP contribution in [0.25, 0.3) is 0 Å². The first-order valence-corrected chi connectivity index (χ1v) is 7.64. The smallest absolute Gasteiger partial charge is 0.338 e. The summed E-state index contributed by atoms with van der Waals surface area (Å²) in [6, 6.07) is 11.4. The second kappa shape index (κ2) is 7.73. The molecule has 7 heteroatoms. The predicted octanol–water partition coefficient (Wildman–Crippen LogP) is 4.11. The van der Waals surface area contributed by atoms with Crippen LogP contribution >= 0.6 is 15.9 Å². The maximum absolute atomic E-state index is 11.7. The first-order chi connectivity index (χ1) is 11.0. The molecule has 2 aromatic rings. The molecule has 2 aromatic carbocycles. The molecule has 0 heterocycles. The molecule has 0 aromatic heterocycles. The van der Waals surface area contributed by atoms with E-state index in [1.807, 2.05) is 24.3 Å². The van der Waals surface area contributed by atoms with Crippen LogP contribution in [-0.2, 0) is 11.3 Å². The van der Waals surface area contributed by atoms with E-state index < -0.39 is 10.9 Å². The van der Waals surface area contributed by atoms with Crippen LogP contribution in [0.4, 0.5) is 5.69 Å². The number of ether oxygens (including phenoxy) is 2. The van der Waals surface area contributed by atoms with E-state index >= 15 is 0 Å². The third-order valence-corrected chi connectivity index (χ3v) is 3.78. The number of nitrogens with zero attached hydrogens (tertiary/aromatic N) is 1. The fraction of sp³-hybridized carbons (Fsp3) is 0.188. The van der Waals surface area contributed by atoms with E-state index in [2.05, 4.69) is 15.9 Å².